The van der Waals surface area contributed by atoms with E-state index in [4.69, 9.17) is 9.47 Å². The van der Waals surface area contributed by atoms with Crippen LogP contribution < -0.4 is 0 Å². The zero-order valence-electron chi connectivity index (χ0n) is 63.1. The van der Waals surface area contributed by atoms with Gasteiger partial charge in [-0.15, -0.1) is 0 Å². The molecule has 6 rings (SSSR count). The van der Waals surface area contributed by atoms with Crippen LogP contribution in [0.1, 0.15) is 278 Å². The molecule has 6 fully saturated rings. The Balaban J connectivity index is -0.000000296. The van der Waals surface area contributed by atoms with E-state index < -0.39 is 11.7 Å². The maximum Gasteiger partial charge on any atom is 0.101 e. The van der Waals surface area contributed by atoms with Crippen molar-refractivity contribution in [1.29, 1.82) is 0 Å². The third kappa shape index (κ3) is 29.9. The van der Waals surface area contributed by atoms with Crippen LogP contribution in [0.4, 0.5) is 0 Å². The molecule has 5 radical (unpaired) electrons. The van der Waals surface area contributed by atoms with Crippen LogP contribution in [0.5, 0.6) is 0 Å². The van der Waals surface area contributed by atoms with Crippen molar-refractivity contribution in [1.82, 2.24) is 29.4 Å². The summed E-state index contributed by atoms with van der Waals surface area (Å²) < 4.78 is 10.8. The van der Waals surface area contributed by atoms with Gasteiger partial charge in [-0.05, 0) is 316 Å². The van der Waals surface area contributed by atoms with E-state index in [2.05, 4.69) is 266 Å². The Kier molecular flexibility index (Phi) is 42.6. The molecule has 6 aliphatic heterocycles. The largest absolute Gasteiger partial charge is 0.390 e. The van der Waals surface area contributed by atoms with Gasteiger partial charge in [0, 0.05) is 237 Å². The fourth-order valence-electron chi connectivity index (χ4n) is 17.4. The predicted octanol–water partition coefficient (Wildman–Crippen LogP) is 15.3. The second-order valence-electron chi connectivity index (χ2n) is 35.5. The Bertz CT molecular complexity index is 1580. The van der Waals surface area contributed by atoms with Gasteiger partial charge in [0.1, 0.15) is 6.10 Å². The Morgan fingerprint density at radius 1 is 0.321 bits per heavy atom. The van der Waals surface area contributed by atoms with E-state index in [1.807, 2.05) is 6.92 Å². The molecule has 0 aliphatic carbocycles. The minimum Gasteiger partial charge on any atom is -0.390 e. The second-order valence-corrected chi connectivity index (χ2v) is 35.5. The van der Waals surface area contributed by atoms with Gasteiger partial charge in [-0.2, -0.15) is 0 Å². The summed E-state index contributed by atoms with van der Waals surface area (Å²) >= 11 is 0. The van der Waals surface area contributed by atoms with Gasteiger partial charge in [0.25, 0.3) is 0 Å². The average molecular weight is 1570 g/mol. The molecule has 2 N–H and O–H groups in total. The van der Waals surface area contributed by atoms with Crippen LogP contribution in [0, 0.1) is 23.7 Å². The number of hydrogen-bond donors (Lipinski definition) is 2. The first-order chi connectivity index (χ1) is 34.8. The molecule has 0 aromatic rings. The first kappa shape index (κ1) is 97.8. The Hall–Kier alpha value is 5.12. The normalized spacial score (nSPS) is 27.9. The number of ether oxygens (including phenoxy) is 2. The number of rotatable bonds is 5. The van der Waals surface area contributed by atoms with E-state index in [1.54, 1.807) is 7.11 Å². The molecule has 0 saturated carbocycles. The second kappa shape index (κ2) is 36.6. The van der Waals surface area contributed by atoms with Crippen molar-refractivity contribution < 1.29 is 183 Å². The molecule has 0 aromatic heterocycles. The van der Waals surface area contributed by atoms with E-state index >= 15 is 0 Å². The fraction of sp³-hybridized carbons (Fsp3) is 1.00. The average Bonchev–Trinajstić information content (AvgIpc) is 3.20. The third-order valence-corrected chi connectivity index (χ3v) is 21.6. The van der Waals surface area contributed by atoms with Crippen molar-refractivity contribution >= 4 is 0 Å². The molecule has 0 bridgehead atoms. The van der Waals surface area contributed by atoms with Gasteiger partial charge in [0.2, 0.25) is 0 Å². The number of nitrogens with zero attached hydrogens (tertiary/aromatic N) is 6. The van der Waals surface area contributed by atoms with E-state index in [0.717, 1.165) is 49.4 Å². The topological polar surface area (TPSA) is 78.4 Å². The predicted molar refractivity (Wildman–Crippen MR) is 346 cm³/mol. The monoisotopic (exact) mass is 1570 g/mol. The molecule has 84 heavy (non-hydrogen) atoms. The van der Waals surface area contributed by atoms with Gasteiger partial charge >= 0.3 is 0 Å². The minimum absolute atomic E-state index is 0. The number of methoxy groups -OCH3 is 1. The minimum atomic E-state index is -0.527. The molecule has 0 amide bonds. The summed E-state index contributed by atoms with van der Waals surface area (Å²) in [7, 11) is 14.9. The zero-order valence-corrected chi connectivity index (χ0v) is 77.3. The SMILES string of the molecule is CC1CC(C)(C)N(C)C(C)(C)C1.CC1CC(C)(C)N(C)C(C)(C)C1.CC1CC(C)(C)N(C)C(C)(C)C1.CC1CC(C)(C)N(C)C(C)(C)C1.CN1C(C)(C)CC(C)(O)CC1(C)C.COCC(O)COC1CC(C)(C)N(C)C(C)(C)C1.[Y].[Y].[Y].[Y].[Y]. The van der Waals surface area contributed by atoms with Gasteiger partial charge in [0.05, 0.1) is 24.9 Å². The van der Waals surface area contributed by atoms with Crippen LogP contribution in [-0.4, -0.2) is 186 Å². The molecule has 0 spiro atoms. The van der Waals surface area contributed by atoms with Crippen LogP contribution in [0.25, 0.3) is 0 Å². The van der Waals surface area contributed by atoms with Crippen LogP contribution >= 0.6 is 0 Å². The number of likely N-dealkylation sites (tertiary alicyclic amines) is 6. The van der Waals surface area contributed by atoms with Gasteiger partial charge in [-0.3, -0.25) is 29.4 Å². The van der Waals surface area contributed by atoms with E-state index in [-0.39, 0.29) is 192 Å². The number of aliphatic hydroxyl groups excluding tert-OH is 1. The maximum atomic E-state index is 10.1. The molecule has 489 valence electrons. The van der Waals surface area contributed by atoms with Crippen molar-refractivity contribution in [2.45, 2.75) is 362 Å². The summed E-state index contributed by atoms with van der Waals surface area (Å²) in [5.41, 5.74) is 2.92. The van der Waals surface area contributed by atoms with Crippen molar-refractivity contribution in [3.05, 3.63) is 0 Å². The maximum absolute atomic E-state index is 10.1. The number of hydrogen-bond acceptors (Lipinski definition) is 10. The molecule has 15 heteroatoms. The van der Waals surface area contributed by atoms with Crippen LogP contribution in [0.3, 0.4) is 0 Å². The summed E-state index contributed by atoms with van der Waals surface area (Å²) in [5.74, 6) is 3.47. The van der Waals surface area contributed by atoms with Crippen LogP contribution in [-0.2, 0) is 173 Å². The summed E-state index contributed by atoms with van der Waals surface area (Å²) in [5, 5.41) is 19.8. The molecule has 6 aliphatic rings. The fourth-order valence-corrected chi connectivity index (χ4v) is 17.4. The van der Waals surface area contributed by atoms with Crippen molar-refractivity contribution in [3.8, 4) is 0 Å². The van der Waals surface area contributed by atoms with Gasteiger partial charge in [-0.25, -0.2) is 0 Å². The molecule has 6 saturated heterocycles. The summed E-state index contributed by atoms with van der Waals surface area (Å²) in [6.07, 6.45) is 14.0. The first-order valence-electron chi connectivity index (χ1n) is 31.7. The third-order valence-electron chi connectivity index (χ3n) is 21.6. The Morgan fingerprint density at radius 3 is 0.667 bits per heavy atom. The van der Waals surface area contributed by atoms with Crippen LogP contribution in [0.2, 0.25) is 0 Å². The quantitative estimate of drug-likeness (QED) is 0.278. The smallest absolute Gasteiger partial charge is 0.101 e. The zero-order chi connectivity index (χ0) is 62.7. The molecular formula is C69H144N6O4Y5. The van der Waals surface area contributed by atoms with E-state index in [0.29, 0.717) is 57.5 Å². The van der Waals surface area contributed by atoms with Gasteiger partial charge < -0.3 is 19.7 Å². The summed E-state index contributed by atoms with van der Waals surface area (Å²) in [4.78, 5) is 14.9. The molecule has 1 unspecified atom stereocenters. The van der Waals surface area contributed by atoms with Gasteiger partial charge in [-0.1, -0.05) is 27.7 Å². The molecule has 10 nitrogen and oxygen atoms in total. The Morgan fingerprint density at radius 2 is 0.488 bits per heavy atom. The standard InChI is InChI=1S/C14H29NO3.C11H23NO.4C11H23N.5Y/c1-13(2)7-12(8-14(3,4)15(13)5)18-10-11(16)9-17-6;1-9(2)7-11(5,13)8-10(3,4)12(9)6;4*1-9-7-10(2,3)12(6)11(4,5)8-9;;;;;/h11-12,16H,7-10H2,1-6H3;13H,7-8H2,1-6H3;4*9H,7-8H2,1-6H3;;;;;. The molecule has 6 heterocycles. The Labute approximate surface area is 652 Å². The van der Waals surface area contributed by atoms with Crippen molar-refractivity contribution in [2.75, 3.05) is 62.6 Å². The summed E-state index contributed by atoms with van der Waals surface area (Å²) in [6, 6.07) is 0. The van der Waals surface area contributed by atoms with E-state index in [1.165, 1.54) is 51.4 Å². The van der Waals surface area contributed by atoms with Crippen molar-refractivity contribution in [2.24, 2.45) is 23.7 Å². The molecule has 1 atom stereocenters. The first-order valence-corrected chi connectivity index (χ1v) is 31.7. The van der Waals surface area contributed by atoms with Gasteiger partial charge in [0.15, 0.2) is 0 Å². The van der Waals surface area contributed by atoms with E-state index in [9.17, 15) is 10.2 Å². The van der Waals surface area contributed by atoms with Crippen molar-refractivity contribution in [3.63, 3.8) is 0 Å². The number of aliphatic hydroxyl groups is 2. The number of piperidine rings is 6. The summed E-state index contributed by atoms with van der Waals surface area (Å²) in [6.45, 7) is 67.5. The molecule has 0 aromatic carbocycles. The van der Waals surface area contributed by atoms with Crippen LogP contribution in [0.15, 0.2) is 0 Å². The molecular weight excluding hydrogens is 1420 g/mol.